The lowest BCUT2D eigenvalue weighted by Gasteiger charge is -2.22. The molecule has 17 heavy (non-hydrogen) atoms. The predicted octanol–water partition coefficient (Wildman–Crippen LogP) is 1.18. The van der Waals surface area contributed by atoms with Crippen molar-refractivity contribution in [2.24, 2.45) is 5.92 Å². The van der Waals surface area contributed by atoms with E-state index >= 15 is 0 Å². The van der Waals surface area contributed by atoms with Gasteiger partial charge in [0.1, 0.15) is 0 Å². The van der Waals surface area contributed by atoms with E-state index in [9.17, 15) is 0 Å². The molecule has 1 aromatic rings. The SMILES string of the molecule is COc1cc(CNCC2CCCNC2)ccn1. The maximum absolute atomic E-state index is 5.10. The molecule has 0 amide bonds. The third kappa shape index (κ3) is 3.98. The molecule has 2 N–H and O–H groups in total. The molecular formula is C13H21N3O. The fourth-order valence-corrected chi connectivity index (χ4v) is 2.19. The van der Waals surface area contributed by atoms with Crippen molar-refractivity contribution in [1.29, 1.82) is 0 Å². The van der Waals surface area contributed by atoms with Crippen LogP contribution in [0.3, 0.4) is 0 Å². The summed E-state index contributed by atoms with van der Waals surface area (Å²) < 4.78 is 5.10. The topological polar surface area (TPSA) is 46.2 Å². The Bertz CT molecular complexity index is 337. The molecule has 4 nitrogen and oxygen atoms in total. The van der Waals surface area contributed by atoms with Gasteiger partial charge in [-0.1, -0.05) is 0 Å². The van der Waals surface area contributed by atoms with E-state index in [-0.39, 0.29) is 0 Å². The number of piperidine rings is 1. The van der Waals surface area contributed by atoms with E-state index < -0.39 is 0 Å². The molecule has 1 aromatic heterocycles. The van der Waals surface area contributed by atoms with Crippen molar-refractivity contribution >= 4 is 0 Å². The standard InChI is InChI=1S/C13H21N3O/c1-17-13-7-11(4-6-16-13)8-15-10-12-3-2-5-14-9-12/h4,6-7,12,14-15H,2-3,5,8-10H2,1H3. The third-order valence-electron chi connectivity index (χ3n) is 3.17. The zero-order valence-electron chi connectivity index (χ0n) is 10.4. The van der Waals surface area contributed by atoms with Crippen LogP contribution in [0, 0.1) is 5.92 Å². The smallest absolute Gasteiger partial charge is 0.213 e. The van der Waals surface area contributed by atoms with Crippen LogP contribution in [0.25, 0.3) is 0 Å². The summed E-state index contributed by atoms with van der Waals surface area (Å²) in [4.78, 5) is 4.10. The highest BCUT2D eigenvalue weighted by Crippen LogP contribution is 2.10. The maximum atomic E-state index is 5.10. The molecule has 1 aliphatic heterocycles. The first-order chi connectivity index (χ1) is 8.38. The van der Waals surface area contributed by atoms with Gasteiger partial charge in [-0.3, -0.25) is 0 Å². The lowest BCUT2D eigenvalue weighted by atomic mass is 10.00. The molecule has 94 valence electrons. The van der Waals surface area contributed by atoms with E-state index in [2.05, 4.69) is 15.6 Å². The highest BCUT2D eigenvalue weighted by Gasteiger charge is 2.11. The van der Waals surface area contributed by atoms with Crippen molar-refractivity contribution in [1.82, 2.24) is 15.6 Å². The number of ether oxygens (including phenoxy) is 1. The molecule has 1 aliphatic rings. The van der Waals surface area contributed by atoms with Crippen LogP contribution in [0.4, 0.5) is 0 Å². The van der Waals surface area contributed by atoms with Gasteiger partial charge in [0.25, 0.3) is 0 Å². The highest BCUT2D eigenvalue weighted by molar-refractivity contribution is 5.20. The molecule has 1 saturated heterocycles. The van der Waals surface area contributed by atoms with Crippen LogP contribution in [0.2, 0.25) is 0 Å². The first kappa shape index (κ1) is 12.3. The largest absolute Gasteiger partial charge is 0.481 e. The number of methoxy groups -OCH3 is 1. The van der Waals surface area contributed by atoms with E-state index in [0.717, 1.165) is 25.6 Å². The Morgan fingerprint density at radius 1 is 1.59 bits per heavy atom. The van der Waals surface area contributed by atoms with Crippen LogP contribution in [0.5, 0.6) is 5.88 Å². The van der Waals surface area contributed by atoms with Gasteiger partial charge in [-0.25, -0.2) is 4.98 Å². The summed E-state index contributed by atoms with van der Waals surface area (Å²) in [6, 6.07) is 4.00. The van der Waals surface area contributed by atoms with E-state index in [1.807, 2.05) is 12.1 Å². The molecule has 0 saturated carbocycles. The molecule has 0 aliphatic carbocycles. The van der Waals surface area contributed by atoms with Gasteiger partial charge in [-0.2, -0.15) is 0 Å². The second kappa shape index (κ2) is 6.57. The Balaban J connectivity index is 1.73. The Morgan fingerprint density at radius 3 is 3.29 bits per heavy atom. The summed E-state index contributed by atoms with van der Waals surface area (Å²) in [5, 5.41) is 6.93. The van der Waals surface area contributed by atoms with Gasteiger partial charge in [0.05, 0.1) is 7.11 Å². The minimum absolute atomic E-state index is 0.684. The molecule has 2 rings (SSSR count). The summed E-state index contributed by atoms with van der Waals surface area (Å²) in [5.74, 6) is 1.45. The van der Waals surface area contributed by atoms with Crippen LogP contribution in [-0.4, -0.2) is 31.7 Å². The van der Waals surface area contributed by atoms with Gasteiger partial charge in [0.15, 0.2) is 0 Å². The predicted molar refractivity (Wildman–Crippen MR) is 68.1 cm³/mol. The molecule has 1 atom stereocenters. The number of nitrogens with one attached hydrogen (secondary N) is 2. The quantitative estimate of drug-likeness (QED) is 0.804. The number of aromatic nitrogens is 1. The van der Waals surface area contributed by atoms with Crippen molar-refractivity contribution in [3.05, 3.63) is 23.9 Å². The molecule has 1 unspecified atom stereocenters. The summed E-state index contributed by atoms with van der Waals surface area (Å²) in [6.45, 7) is 4.29. The zero-order valence-corrected chi connectivity index (χ0v) is 10.4. The molecular weight excluding hydrogens is 214 g/mol. The Hall–Kier alpha value is -1.13. The van der Waals surface area contributed by atoms with Crippen LogP contribution in [0.1, 0.15) is 18.4 Å². The normalized spacial score (nSPS) is 20.2. The average Bonchev–Trinajstić information content (AvgIpc) is 2.40. The number of rotatable bonds is 5. The number of hydrogen-bond donors (Lipinski definition) is 2. The number of hydrogen-bond acceptors (Lipinski definition) is 4. The second-order valence-electron chi connectivity index (χ2n) is 4.55. The van der Waals surface area contributed by atoms with Crippen LogP contribution in [-0.2, 0) is 6.54 Å². The van der Waals surface area contributed by atoms with Gasteiger partial charge in [-0.15, -0.1) is 0 Å². The number of nitrogens with zero attached hydrogens (tertiary/aromatic N) is 1. The van der Waals surface area contributed by atoms with Crippen LogP contribution in [0.15, 0.2) is 18.3 Å². The van der Waals surface area contributed by atoms with Crippen molar-refractivity contribution in [3.63, 3.8) is 0 Å². The van der Waals surface area contributed by atoms with Crippen molar-refractivity contribution in [2.45, 2.75) is 19.4 Å². The van der Waals surface area contributed by atoms with Gasteiger partial charge in [-0.05, 0) is 50.0 Å². The van der Waals surface area contributed by atoms with E-state index in [1.165, 1.54) is 24.9 Å². The molecule has 0 spiro atoms. The van der Waals surface area contributed by atoms with Crippen LogP contribution < -0.4 is 15.4 Å². The monoisotopic (exact) mass is 235 g/mol. The van der Waals surface area contributed by atoms with E-state index in [4.69, 9.17) is 4.74 Å². The molecule has 1 fully saturated rings. The highest BCUT2D eigenvalue weighted by atomic mass is 16.5. The van der Waals surface area contributed by atoms with E-state index in [0.29, 0.717) is 5.88 Å². The van der Waals surface area contributed by atoms with Gasteiger partial charge in [0, 0.05) is 18.8 Å². The Morgan fingerprint density at radius 2 is 2.53 bits per heavy atom. The number of pyridine rings is 1. The minimum atomic E-state index is 0.684. The second-order valence-corrected chi connectivity index (χ2v) is 4.55. The summed E-state index contributed by atoms with van der Waals surface area (Å²) >= 11 is 0. The molecule has 2 heterocycles. The van der Waals surface area contributed by atoms with Crippen molar-refractivity contribution in [2.75, 3.05) is 26.7 Å². The first-order valence-electron chi connectivity index (χ1n) is 6.29. The maximum Gasteiger partial charge on any atom is 0.213 e. The van der Waals surface area contributed by atoms with Crippen LogP contribution >= 0.6 is 0 Å². The van der Waals surface area contributed by atoms with Gasteiger partial charge < -0.3 is 15.4 Å². The third-order valence-corrected chi connectivity index (χ3v) is 3.17. The Kier molecular flexibility index (Phi) is 4.76. The lowest BCUT2D eigenvalue weighted by molar-refractivity contribution is 0.359. The molecule has 0 aromatic carbocycles. The summed E-state index contributed by atoms with van der Waals surface area (Å²) in [6.07, 6.45) is 4.42. The summed E-state index contributed by atoms with van der Waals surface area (Å²) in [5.41, 5.74) is 1.22. The van der Waals surface area contributed by atoms with Gasteiger partial charge in [0.2, 0.25) is 5.88 Å². The molecule has 4 heteroatoms. The van der Waals surface area contributed by atoms with E-state index in [1.54, 1.807) is 13.3 Å². The first-order valence-corrected chi connectivity index (χ1v) is 6.29. The lowest BCUT2D eigenvalue weighted by Crippen LogP contribution is -2.35. The van der Waals surface area contributed by atoms with Gasteiger partial charge >= 0.3 is 0 Å². The fourth-order valence-electron chi connectivity index (χ4n) is 2.19. The average molecular weight is 235 g/mol. The molecule has 0 bridgehead atoms. The Labute approximate surface area is 103 Å². The molecule has 0 radical (unpaired) electrons. The fraction of sp³-hybridized carbons (Fsp3) is 0.615. The van der Waals surface area contributed by atoms with Crippen molar-refractivity contribution in [3.8, 4) is 5.88 Å². The summed E-state index contributed by atoms with van der Waals surface area (Å²) in [7, 11) is 1.65. The van der Waals surface area contributed by atoms with Crippen molar-refractivity contribution < 1.29 is 4.74 Å². The zero-order chi connectivity index (χ0) is 11.9. The minimum Gasteiger partial charge on any atom is -0.481 e.